The van der Waals surface area contributed by atoms with E-state index in [1.807, 2.05) is 18.2 Å². The van der Waals surface area contributed by atoms with Gasteiger partial charge >= 0.3 is 0 Å². The lowest BCUT2D eigenvalue weighted by Crippen LogP contribution is -2.43. The summed E-state index contributed by atoms with van der Waals surface area (Å²) in [5.74, 6) is 1.58. The molecule has 0 fully saturated rings. The Kier molecular flexibility index (Phi) is 6.22. The summed E-state index contributed by atoms with van der Waals surface area (Å²) in [4.78, 5) is 13.2. The fourth-order valence-corrected chi connectivity index (χ4v) is 9.90. The first kappa shape index (κ1) is 30.8. The van der Waals surface area contributed by atoms with Gasteiger partial charge in [0, 0.05) is 54.5 Å². The summed E-state index contributed by atoms with van der Waals surface area (Å²) >= 11 is 0. The molecule has 0 spiro atoms. The van der Waals surface area contributed by atoms with Crippen LogP contribution in [0.15, 0.2) is 180 Å². The fourth-order valence-electron chi connectivity index (χ4n) is 9.90. The minimum absolute atomic E-state index is 0.0000954. The number of fused-ring (bicyclic) bond motifs is 13. The molecule has 0 N–H and O–H groups in total. The molecule has 3 aromatic heterocycles. The molecule has 0 saturated heterocycles. The van der Waals surface area contributed by atoms with Gasteiger partial charge in [-0.2, -0.15) is 0 Å². The minimum atomic E-state index is -0.0649. The van der Waals surface area contributed by atoms with Gasteiger partial charge in [-0.25, -0.2) is 9.97 Å². The van der Waals surface area contributed by atoms with Gasteiger partial charge in [0.2, 0.25) is 0 Å². The highest BCUT2D eigenvalue weighted by Gasteiger charge is 2.44. The fraction of sp³-hybridized carbons (Fsp3) is 0.0385. The van der Waals surface area contributed by atoms with Gasteiger partial charge in [0.15, 0.2) is 5.82 Å². The van der Waals surface area contributed by atoms with Crippen molar-refractivity contribution in [2.45, 2.75) is 12.0 Å². The van der Waals surface area contributed by atoms with Crippen LogP contribution in [-0.2, 0) is 0 Å². The van der Waals surface area contributed by atoms with Crippen LogP contribution in [0.3, 0.4) is 0 Å². The summed E-state index contributed by atoms with van der Waals surface area (Å²) in [7, 11) is 0. The second-order valence-corrected chi connectivity index (χ2v) is 15.3. The van der Waals surface area contributed by atoms with E-state index in [2.05, 4.69) is 173 Å². The van der Waals surface area contributed by atoms with Gasteiger partial charge in [-0.15, -0.1) is 0 Å². The molecule has 57 heavy (non-hydrogen) atoms. The van der Waals surface area contributed by atoms with Crippen LogP contribution in [0.5, 0.6) is 0 Å². The van der Waals surface area contributed by atoms with Crippen molar-refractivity contribution < 1.29 is 4.42 Å². The Bertz CT molecular complexity index is 3630. The van der Waals surface area contributed by atoms with Crippen molar-refractivity contribution in [3.05, 3.63) is 192 Å². The van der Waals surface area contributed by atoms with Crippen molar-refractivity contribution in [2.75, 3.05) is 4.90 Å². The standard InChI is InChI=1S/C52H32N4O/c1-3-15-34-31(13-1)25-27-38-36-17-6-10-22-43(36)56(49(34)38)50-35-16-4-2-14-32(35)30-45-48(50)40-20-7-11-23-44(40)55(45)52-39-19-5-9-21-42(39)53-51(54-52)33-26-28-47-41(29-33)37-18-8-12-24-46(37)57-47/h1-30,45,48H. The van der Waals surface area contributed by atoms with E-state index in [4.69, 9.17) is 14.4 Å². The van der Waals surface area contributed by atoms with Gasteiger partial charge in [-0.3, -0.25) is 0 Å². The Morgan fingerprint density at radius 2 is 1.26 bits per heavy atom. The molecule has 0 bridgehead atoms. The van der Waals surface area contributed by atoms with E-state index in [-0.39, 0.29) is 12.0 Å². The van der Waals surface area contributed by atoms with E-state index in [9.17, 15) is 0 Å². The number of aromatic nitrogens is 3. The SMILES string of the molecule is C1=c2ccccc2=C(n2c3ccccc3c3ccc4ccccc4c32)C2c3ccccc3N(c3nc(-c4ccc5oc6ccccc6c5c4)nc4ccccc34)C12. The van der Waals surface area contributed by atoms with E-state index in [0.29, 0.717) is 5.82 Å². The highest BCUT2D eigenvalue weighted by molar-refractivity contribution is 6.19. The zero-order valence-corrected chi connectivity index (χ0v) is 30.7. The molecular formula is C52H32N4O. The van der Waals surface area contributed by atoms with Crippen LogP contribution < -0.4 is 15.3 Å². The first-order valence-corrected chi connectivity index (χ1v) is 19.6. The van der Waals surface area contributed by atoms with Crippen LogP contribution in [-0.4, -0.2) is 20.6 Å². The molecule has 5 heteroatoms. The Hall–Kier alpha value is -7.50. The first-order chi connectivity index (χ1) is 28.3. The van der Waals surface area contributed by atoms with Crippen LogP contribution in [0.25, 0.3) is 88.6 Å². The lowest BCUT2D eigenvalue weighted by Gasteiger charge is -2.32. The maximum Gasteiger partial charge on any atom is 0.162 e. The number of hydrogen-bond acceptors (Lipinski definition) is 4. The van der Waals surface area contributed by atoms with Gasteiger partial charge in [-0.05, 0) is 64.7 Å². The van der Waals surface area contributed by atoms with Crippen molar-refractivity contribution in [3.63, 3.8) is 0 Å². The van der Waals surface area contributed by atoms with Crippen molar-refractivity contribution in [1.82, 2.24) is 14.5 Å². The highest BCUT2D eigenvalue weighted by Crippen LogP contribution is 2.52. The predicted molar refractivity (Wildman–Crippen MR) is 233 cm³/mol. The molecule has 0 radical (unpaired) electrons. The maximum absolute atomic E-state index is 6.21. The molecule has 5 nitrogen and oxygen atoms in total. The third-order valence-corrected chi connectivity index (χ3v) is 12.3. The second-order valence-electron chi connectivity index (χ2n) is 15.3. The first-order valence-electron chi connectivity index (χ1n) is 19.6. The van der Waals surface area contributed by atoms with Crippen molar-refractivity contribution >= 4 is 88.7 Å². The summed E-state index contributed by atoms with van der Waals surface area (Å²) in [5.41, 5.74) is 9.77. The molecule has 266 valence electrons. The number of benzene rings is 8. The lowest BCUT2D eigenvalue weighted by atomic mass is 9.85. The minimum Gasteiger partial charge on any atom is -0.456 e. The number of anilines is 2. The summed E-state index contributed by atoms with van der Waals surface area (Å²) in [5, 5.41) is 10.6. The molecule has 1 aliphatic carbocycles. The molecule has 0 amide bonds. The average Bonchev–Trinajstić information content (AvgIpc) is 3.93. The predicted octanol–water partition coefficient (Wildman–Crippen LogP) is 11.2. The van der Waals surface area contributed by atoms with E-state index in [1.165, 1.54) is 54.3 Å². The van der Waals surface area contributed by atoms with Crippen LogP contribution >= 0.6 is 0 Å². The van der Waals surface area contributed by atoms with Gasteiger partial charge in [-0.1, -0.05) is 133 Å². The van der Waals surface area contributed by atoms with Crippen molar-refractivity contribution in [2.24, 2.45) is 0 Å². The molecule has 11 aromatic rings. The van der Waals surface area contributed by atoms with E-state index in [1.54, 1.807) is 0 Å². The zero-order valence-electron chi connectivity index (χ0n) is 30.7. The van der Waals surface area contributed by atoms with Gasteiger partial charge in [0.25, 0.3) is 0 Å². The van der Waals surface area contributed by atoms with Crippen LogP contribution in [0.2, 0.25) is 0 Å². The van der Waals surface area contributed by atoms with E-state index < -0.39 is 0 Å². The molecule has 8 aromatic carbocycles. The zero-order chi connectivity index (χ0) is 37.2. The van der Waals surface area contributed by atoms with E-state index in [0.717, 1.165) is 49.9 Å². The van der Waals surface area contributed by atoms with Crippen LogP contribution in [0, 0.1) is 0 Å². The Balaban J connectivity index is 1.09. The monoisotopic (exact) mass is 728 g/mol. The Labute approximate surface area is 326 Å². The topological polar surface area (TPSA) is 47.1 Å². The molecule has 1 aliphatic heterocycles. The number of rotatable bonds is 3. The molecule has 13 rings (SSSR count). The smallest absolute Gasteiger partial charge is 0.162 e. The number of nitrogens with zero attached hydrogens (tertiary/aromatic N) is 4. The third kappa shape index (κ3) is 4.28. The number of hydrogen-bond donors (Lipinski definition) is 0. The molecule has 4 heterocycles. The third-order valence-electron chi connectivity index (χ3n) is 12.3. The highest BCUT2D eigenvalue weighted by atomic mass is 16.3. The second kappa shape index (κ2) is 11.5. The van der Waals surface area contributed by atoms with Gasteiger partial charge < -0.3 is 13.9 Å². The number of furan rings is 1. The lowest BCUT2D eigenvalue weighted by molar-refractivity contribution is 0.669. The van der Waals surface area contributed by atoms with Gasteiger partial charge in [0.05, 0.1) is 28.5 Å². The Morgan fingerprint density at radius 1 is 0.526 bits per heavy atom. The number of para-hydroxylation sites is 4. The summed E-state index contributed by atoms with van der Waals surface area (Å²) in [6.07, 6.45) is 2.47. The van der Waals surface area contributed by atoms with Crippen molar-refractivity contribution in [1.29, 1.82) is 0 Å². The molecule has 0 saturated carbocycles. The molecule has 2 aliphatic rings. The average molecular weight is 729 g/mol. The van der Waals surface area contributed by atoms with Crippen LogP contribution in [0.4, 0.5) is 11.5 Å². The molecule has 2 atom stereocenters. The largest absolute Gasteiger partial charge is 0.456 e. The van der Waals surface area contributed by atoms with Gasteiger partial charge in [0.1, 0.15) is 17.0 Å². The normalized spacial score (nSPS) is 16.1. The van der Waals surface area contributed by atoms with Crippen LogP contribution in [0.1, 0.15) is 11.5 Å². The quantitative estimate of drug-likeness (QED) is 0.182. The Morgan fingerprint density at radius 3 is 2.21 bits per heavy atom. The summed E-state index contributed by atoms with van der Waals surface area (Å²) < 4.78 is 8.79. The van der Waals surface area contributed by atoms with Crippen molar-refractivity contribution in [3.8, 4) is 11.4 Å². The summed E-state index contributed by atoms with van der Waals surface area (Å²) in [6.45, 7) is 0. The maximum atomic E-state index is 6.21. The summed E-state index contributed by atoms with van der Waals surface area (Å²) in [6, 6.07) is 63.0. The molecule has 2 unspecified atom stereocenters. The molecular weight excluding hydrogens is 697 g/mol. The van der Waals surface area contributed by atoms with E-state index >= 15 is 0 Å².